The van der Waals surface area contributed by atoms with Crippen LogP contribution in [0.25, 0.3) is 11.4 Å². The van der Waals surface area contributed by atoms with Crippen LogP contribution in [0, 0.1) is 6.92 Å². The number of benzene rings is 1. The lowest BCUT2D eigenvalue weighted by Crippen LogP contribution is -2.47. The number of alkyl halides is 3. The maximum absolute atomic E-state index is 14.2. The average Bonchev–Trinajstić information content (AvgIpc) is 3.76. The van der Waals surface area contributed by atoms with Gasteiger partial charge in [0.15, 0.2) is 17.3 Å². The van der Waals surface area contributed by atoms with E-state index in [4.69, 9.17) is 16.3 Å². The zero-order chi connectivity index (χ0) is 34.0. The standard InChI is InChI=1S/C31H30ClF3N8O5/c1-16-25(45)24(39-38-16)28(47)41-11-9-30(10-12-41)23-21(15-48-30)42(14-22(44)36-20-8-7-18(13-19(20)32)31(33,34)35)29-37-26(40-43(29)27(23)46)17-5-3-2-4-6-17/h5,7-8,13,45H,2-4,6,9-12,14-15H2,1H3,(H,36,44)(H,38,39). The van der Waals surface area contributed by atoms with Gasteiger partial charge in [-0.3, -0.25) is 19.5 Å². The van der Waals surface area contributed by atoms with Gasteiger partial charge < -0.3 is 24.6 Å². The van der Waals surface area contributed by atoms with Gasteiger partial charge in [0.05, 0.1) is 34.1 Å². The summed E-state index contributed by atoms with van der Waals surface area (Å²) in [5.74, 6) is -0.789. The number of H-pyrrole nitrogens is 1. The number of piperidine rings is 1. The van der Waals surface area contributed by atoms with Crippen molar-refractivity contribution in [2.75, 3.05) is 18.4 Å². The van der Waals surface area contributed by atoms with Crippen LogP contribution in [-0.4, -0.2) is 64.3 Å². The number of likely N-dealkylation sites (tertiary alicyclic amines) is 1. The zero-order valence-corrected chi connectivity index (χ0v) is 26.4. The Balaban J connectivity index is 1.24. The van der Waals surface area contributed by atoms with Crippen molar-refractivity contribution in [1.29, 1.82) is 0 Å². The Morgan fingerprint density at radius 1 is 1.21 bits per heavy atom. The molecule has 0 unspecified atom stereocenters. The Labute approximate surface area is 275 Å². The number of nitrogens with zero attached hydrogens (tertiary/aromatic N) is 6. The SMILES string of the molecule is Cc1n[nH]c(C(=O)N2CCC3(CC2)OCc2c3c(=O)n3nc(C4=CCCCC4)nc3n2CC(=O)Nc2ccc(C(F)(F)F)cc2Cl)c1O. The molecule has 0 atom stereocenters. The molecule has 0 saturated carbocycles. The first-order valence-electron chi connectivity index (χ1n) is 15.4. The van der Waals surface area contributed by atoms with E-state index in [2.05, 4.69) is 25.6 Å². The minimum Gasteiger partial charge on any atom is -0.504 e. The fraction of sp³-hybridized carbons (Fsp3) is 0.419. The number of ether oxygens (including phenoxy) is 1. The largest absolute Gasteiger partial charge is 0.504 e. The van der Waals surface area contributed by atoms with Crippen LogP contribution in [0.5, 0.6) is 5.75 Å². The molecule has 4 aromatic rings. The summed E-state index contributed by atoms with van der Waals surface area (Å²) < 4.78 is 48.5. The molecule has 17 heteroatoms. The molecule has 48 heavy (non-hydrogen) atoms. The zero-order valence-electron chi connectivity index (χ0n) is 25.7. The summed E-state index contributed by atoms with van der Waals surface area (Å²) in [6, 6.07) is 2.64. The van der Waals surface area contributed by atoms with Crippen LogP contribution < -0.4 is 10.9 Å². The number of carbonyl (C=O) groups excluding carboxylic acids is 2. The number of nitrogens with one attached hydrogen (secondary N) is 2. The van der Waals surface area contributed by atoms with Gasteiger partial charge in [0.2, 0.25) is 11.7 Å². The molecular formula is C31H30ClF3N8O5. The van der Waals surface area contributed by atoms with Gasteiger partial charge in [0.1, 0.15) is 17.8 Å². The molecule has 3 aliphatic rings. The molecule has 1 aliphatic carbocycles. The summed E-state index contributed by atoms with van der Waals surface area (Å²) >= 11 is 6.10. The van der Waals surface area contributed by atoms with E-state index in [1.54, 1.807) is 16.4 Å². The number of halogens is 4. The molecule has 7 rings (SSSR count). The van der Waals surface area contributed by atoms with Gasteiger partial charge >= 0.3 is 6.18 Å². The highest BCUT2D eigenvalue weighted by Gasteiger charge is 2.48. The lowest BCUT2D eigenvalue weighted by molar-refractivity contribution is -0.137. The first-order valence-corrected chi connectivity index (χ1v) is 15.8. The molecule has 2 amide bonds. The van der Waals surface area contributed by atoms with Crippen molar-refractivity contribution in [3.05, 3.63) is 73.7 Å². The van der Waals surface area contributed by atoms with E-state index in [-0.39, 0.29) is 67.0 Å². The van der Waals surface area contributed by atoms with Crippen LogP contribution in [0.1, 0.15) is 77.4 Å². The first-order chi connectivity index (χ1) is 22.9. The second-order valence-electron chi connectivity index (χ2n) is 12.2. The van der Waals surface area contributed by atoms with E-state index >= 15 is 0 Å². The molecular weight excluding hydrogens is 657 g/mol. The highest BCUT2D eigenvalue weighted by molar-refractivity contribution is 6.33. The van der Waals surface area contributed by atoms with Crippen LogP contribution in [0.15, 0.2) is 29.1 Å². The van der Waals surface area contributed by atoms with E-state index in [1.807, 2.05) is 6.08 Å². The van der Waals surface area contributed by atoms with Crippen molar-refractivity contribution in [2.24, 2.45) is 0 Å². The van der Waals surface area contributed by atoms with Crippen molar-refractivity contribution < 1.29 is 32.6 Å². The Morgan fingerprint density at radius 3 is 2.62 bits per heavy atom. The number of anilines is 1. The number of aromatic hydroxyl groups is 1. The lowest BCUT2D eigenvalue weighted by Gasteiger charge is -2.38. The second kappa shape index (κ2) is 11.8. The van der Waals surface area contributed by atoms with Crippen molar-refractivity contribution in [3.8, 4) is 5.75 Å². The van der Waals surface area contributed by atoms with Crippen molar-refractivity contribution >= 4 is 40.5 Å². The summed E-state index contributed by atoms with van der Waals surface area (Å²) in [7, 11) is 0. The third-order valence-corrected chi connectivity index (χ3v) is 9.54. The van der Waals surface area contributed by atoms with Crippen LogP contribution in [0.3, 0.4) is 0 Å². The molecule has 1 saturated heterocycles. The maximum Gasteiger partial charge on any atom is 0.416 e. The van der Waals surface area contributed by atoms with Gasteiger partial charge in [-0.05, 0) is 69.2 Å². The number of aromatic nitrogens is 6. The van der Waals surface area contributed by atoms with Crippen LogP contribution in [0.2, 0.25) is 5.02 Å². The van der Waals surface area contributed by atoms with Gasteiger partial charge in [0.25, 0.3) is 11.5 Å². The highest BCUT2D eigenvalue weighted by Crippen LogP contribution is 2.43. The highest BCUT2D eigenvalue weighted by atomic mass is 35.5. The number of aryl methyl sites for hydroxylation is 1. The predicted molar refractivity (Wildman–Crippen MR) is 165 cm³/mol. The molecule has 5 heterocycles. The van der Waals surface area contributed by atoms with E-state index < -0.39 is 34.7 Å². The molecule has 13 nitrogen and oxygen atoms in total. The number of aromatic amines is 1. The van der Waals surface area contributed by atoms with Crippen LogP contribution in [-0.2, 0) is 34.5 Å². The predicted octanol–water partition coefficient (Wildman–Crippen LogP) is 4.56. The van der Waals surface area contributed by atoms with E-state index in [0.717, 1.165) is 49.5 Å². The van der Waals surface area contributed by atoms with E-state index in [1.165, 1.54) is 4.52 Å². The third-order valence-electron chi connectivity index (χ3n) is 9.23. The van der Waals surface area contributed by atoms with E-state index in [9.17, 15) is 32.7 Å². The fourth-order valence-electron chi connectivity index (χ4n) is 6.66. The summed E-state index contributed by atoms with van der Waals surface area (Å²) in [5.41, 5.74) is -0.614. The molecule has 3 N–H and O–H groups in total. The second-order valence-corrected chi connectivity index (χ2v) is 12.6. The topological polar surface area (TPSA) is 160 Å². The maximum atomic E-state index is 14.2. The fourth-order valence-corrected chi connectivity index (χ4v) is 6.88. The lowest BCUT2D eigenvalue weighted by atomic mass is 9.85. The van der Waals surface area contributed by atoms with Crippen molar-refractivity contribution in [1.82, 2.24) is 34.3 Å². The summed E-state index contributed by atoms with van der Waals surface area (Å²) in [4.78, 5) is 47.0. The number of amides is 2. The molecule has 2 aliphatic heterocycles. The number of carbonyl (C=O) groups is 2. The average molecular weight is 687 g/mol. The Morgan fingerprint density at radius 2 is 1.98 bits per heavy atom. The third kappa shape index (κ3) is 5.41. The van der Waals surface area contributed by atoms with Gasteiger partial charge in [-0.2, -0.15) is 27.8 Å². The molecule has 252 valence electrons. The van der Waals surface area contributed by atoms with Gasteiger partial charge in [-0.25, -0.2) is 0 Å². The summed E-state index contributed by atoms with van der Waals surface area (Å²) in [6.45, 7) is 1.57. The molecule has 3 aromatic heterocycles. The van der Waals surface area contributed by atoms with Crippen molar-refractivity contribution in [2.45, 2.75) is 70.4 Å². The van der Waals surface area contributed by atoms with Crippen molar-refractivity contribution in [3.63, 3.8) is 0 Å². The summed E-state index contributed by atoms with van der Waals surface area (Å²) in [5, 5.41) is 23.6. The monoisotopic (exact) mass is 686 g/mol. The first kappa shape index (κ1) is 31.9. The van der Waals surface area contributed by atoms with E-state index in [0.29, 0.717) is 22.8 Å². The quantitative estimate of drug-likeness (QED) is 0.276. The minimum absolute atomic E-state index is 0.0128. The number of hydrogen-bond acceptors (Lipinski definition) is 8. The van der Waals surface area contributed by atoms with Gasteiger partial charge in [-0.1, -0.05) is 17.7 Å². The molecule has 1 fully saturated rings. The molecule has 1 spiro atoms. The smallest absolute Gasteiger partial charge is 0.416 e. The number of rotatable bonds is 5. The van der Waals surface area contributed by atoms with Crippen LogP contribution in [0.4, 0.5) is 18.9 Å². The Kier molecular flexibility index (Phi) is 7.82. The Hall–Kier alpha value is -4.70. The van der Waals surface area contributed by atoms with Gasteiger partial charge in [-0.15, -0.1) is 5.10 Å². The Bertz CT molecular complexity index is 2060. The normalized spacial score (nSPS) is 17.5. The van der Waals surface area contributed by atoms with Gasteiger partial charge in [0, 0.05) is 13.1 Å². The molecule has 0 radical (unpaired) electrons. The van der Waals surface area contributed by atoms with Crippen LogP contribution >= 0.6 is 11.6 Å². The number of allylic oxidation sites excluding steroid dienone is 2. The molecule has 1 aromatic carbocycles. The summed E-state index contributed by atoms with van der Waals surface area (Å²) in [6.07, 6.45) is 1.50. The minimum atomic E-state index is -4.60. The molecule has 0 bridgehead atoms. The number of hydrogen-bond donors (Lipinski definition) is 3. The number of fused-ring (bicyclic) bond motifs is 3.